The Labute approximate surface area is 87.3 Å². The molecular weight excluding hydrogens is 198 g/mol. The molecule has 0 saturated heterocycles. The molecule has 0 amide bonds. The van der Waals surface area contributed by atoms with Crippen molar-refractivity contribution in [2.75, 3.05) is 13.6 Å². The van der Waals surface area contributed by atoms with Gasteiger partial charge in [-0.05, 0) is 26.4 Å². The minimum atomic E-state index is -3.75. The van der Waals surface area contributed by atoms with Crippen LogP contribution in [0, 0.1) is 0 Å². The lowest BCUT2D eigenvalue weighted by atomic mass is 10.1. The predicted molar refractivity (Wildman–Crippen MR) is 58.8 cm³/mol. The summed E-state index contributed by atoms with van der Waals surface area (Å²) >= 11 is 0. The molecule has 0 aromatic carbocycles. The maximum atomic E-state index is 8.73. The highest BCUT2D eigenvalue weighted by molar-refractivity contribution is 6.56. The molecular formula is C9H23NO3Si. The van der Waals surface area contributed by atoms with Crippen LogP contribution in [0.25, 0.3) is 0 Å². The molecule has 0 radical (unpaired) electrons. The van der Waals surface area contributed by atoms with Crippen molar-refractivity contribution in [1.29, 1.82) is 0 Å². The van der Waals surface area contributed by atoms with Crippen molar-refractivity contribution in [1.82, 2.24) is 5.32 Å². The van der Waals surface area contributed by atoms with Crippen molar-refractivity contribution < 1.29 is 14.4 Å². The molecule has 0 saturated carbocycles. The van der Waals surface area contributed by atoms with Crippen LogP contribution >= 0.6 is 0 Å². The second-order valence-electron chi connectivity index (χ2n) is 3.75. The third kappa shape index (κ3) is 12.1. The summed E-state index contributed by atoms with van der Waals surface area (Å²) in [5, 5.41) is 3.10. The monoisotopic (exact) mass is 221 g/mol. The standard InChI is InChI=1S/C9H23NO3Si/c1-10-8-6-4-2-3-5-7-9-14(11,12)13/h10-13H,2-9H2,1H3. The molecule has 0 aliphatic carbocycles. The Morgan fingerprint density at radius 3 is 1.86 bits per heavy atom. The van der Waals surface area contributed by atoms with Gasteiger partial charge < -0.3 is 19.7 Å². The van der Waals surface area contributed by atoms with Crippen LogP contribution in [0.3, 0.4) is 0 Å². The van der Waals surface area contributed by atoms with Crippen molar-refractivity contribution in [3.63, 3.8) is 0 Å². The first-order valence-electron chi connectivity index (χ1n) is 5.38. The quantitative estimate of drug-likeness (QED) is 0.337. The van der Waals surface area contributed by atoms with Crippen LogP contribution in [0.2, 0.25) is 6.04 Å². The molecule has 0 atom stereocenters. The molecule has 4 nitrogen and oxygen atoms in total. The molecule has 5 heteroatoms. The van der Waals surface area contributed by atoms with Crippen molar-refractivity contribution in [2.24, 2.45) is 0 Å². The van der Waals surface area contributed by atoms with Gasteiger partial charge in [-0.25, -0.2) is 0 Å². The number of rotatable bonds is 9. The SMILES string of the molecule is CNCCCCCCCC[Si](O)(O)O. The summed E-state index contributed by atoms with van der Waals surface area (Å²) in [6, 6.07) is 0.184. The maximum Gasteiger partial charge on any atom is 0.492 e. The maximum absolute atomic E-state index is 8.73. The number of unbranched alkanes of at least 4 members (excludes halogenated alkanes) is 5. The highest BCUT2D eigenvalue weighted by Gasteiger charge is 2.25. The highest BCUT2D eigenvalue weighted by atomic mass is 28.4. The van der Waals surface area contributed by atoms with E-state index in [-0.39, 0.29) is 6.04 Å². The van der Waals surface area contributed by atoms with E-state index in [1.165, 1.54) is 19.3 Å². The molecule has 0 fully saturated rings. The van der Waals surface area contributed by atoms with E-state index in [1.807, 2.05) is 7.05 Å². The zero-order chi connectivity index (χ0) is 10.9. The zero-order valence-corrected chi connectivity index (χ0v) is 10.00. The molecule has 86 valence electrons. The van der Waals surface area contributed by atoms with E-state index >= 15 is 0 Å². The minimum absolute atomic E-state index is 0.184. The molecule has 0 aromatic heterocycles. The zero-order valence-electron chi connectivity index (χ0n) is 9.00. The number of hydrogen-bond acceptors (Lipinski definition) is 4. The summed E-state index contributed by atoms with van der Waals surface area (Å²) < 4.78 is 0. The first kappa shape index (κ1) is 14.1. The molecule has 0 spiro atoms. The minimum Gasteiger partial charge on any atom is -0.390 e. The van der Waals surface area contributed by atoms with Gasteiger partial charge in [0.25, 0.3) is 0 Å². The lowest BCUT2D eigenvalue weighted by molar-refractivity contribution is 0.226. The summed E-state index contributed by atoms with van der Waals surface area (Å²) in [5.74, 6) is 0. The Hall–Kier alpha value is 0.0569. The van der Waals surface area contributed by atoms with E-state index in [0.717, 1.165) is 25.8 Å². The van der Waals surface area contributed by atoms with Crippen LogP contribution in [0.5, 0.6) is 0 Å². The van der Waals surface area contributed by atoms with E-state index in [9.17, 15) is 0 Å². The summed E-state index contributed by atoms with van der Waals surface area (Å²) in [4.78, 5) is 26.2. The summed E-state index contributed by atoms with van der Waals surface area (Å²) in [6.45, 7) is 1.07. The molecule has 0 bridgehead atoms. The fraction of sp³-hybridized carbons (Fsp3) is 1.00. The third-order valence-electron chi connectivity index (χ3n) is 2.19. The van der Waals surface area contributed by atoms with Crippen LogP contribution in [-0.4, -0.2) is 36.8 Å². The van der Waals surface area contributed by atoms with Gasteiger partial charge in [0.1, 0.15) is 0 Å². The Bertz CT molecular complexity index is 128. The van der Waals surface area contributed by atoms with Gasteiger partial charge >= 0.3 is 8.80 Å². The second kappa shape index (κ2) is 8.37. The van der Waals surface area contributed by atoms with E-state index in [1.54, 1.807) is 0 Å². The van der Waals surface area contributed by atoms with E-state index < -0.39 is 8.80 Å². The molecule has 0 aliphatic rings. The van der Waals surface area contributed by atoms with E-state index in [0.29, 0.717) is 0 Å². The lowest BCUT2D eigenvalue weighted by Crippen LogP contribution is -2.33. The van der Waals surface area contributed by atoms with Crippen molar-refractivity contribution in [2.45, 2.75) is 44.6 Å². The number of hydrogen-bond donors (Lipinski definition) is 4. The van der Waals surface area contributed by atoms with E-state index in [2.05, 4.69) is 5.32 Å². The molecule has 0 rings (SSSR count). The van der Waals surface area contributed by atoms with Gasteiger partial charge in [-0.3, -0.25) is 0 Å². The van der Waals surface area contributed by atoms with Crippen LogP contribution in [0.15, 0.2) is 0 Å². The Balaban J connectivity index is 2.99. The molecule has 0 heterocycles. The van der Waals surface area contributed by atoms with Gasteiger partial charge in [0.15, 0.2) is 0 Å². The van der Waals surface area contributed by atoms with Gasteiger partial charge in [0.05, 0.1) is 0 Å². The van der Waals surface area contributed by atoms with Crippen molar-refractivity contribution in [3.8, 4) is 0 Å². The fourth-order valence-corrected chi connectivity index (χ4v) is 2.10. The summed E-state index contributed by atoms with van der Waals surface area (Å²) in [7, 11) is -1.80. The first-order chi connectivity index (χ1) is 6.56. The van der Waals surface area contributed by atoms with Crippen molar-refractivity contribution >= 4 is 8.80 Å². The van der Waals surface area contributed by atoms with Crippen LogP contribution in [-0.2, 0) is 0 Å². The molecule has 0 unspecified atom stereocenters. The Morgan fingerprint density at radius 2 is 1.36 bits per heavy atom. The summed E-state index contributed by atoms with van der Waals surface area (Å²) in [6.07, 6.45) is 6.44. The Kier molecular flexibility index (Phi) is 8.41. The van der Waals surface area contributed by atoms with Crippen LogP contribution < -0.4 is 5.32 Å². The largest absolute Gasteiger partial charge is 0.492 e. The molecule has 0 aromatic rings. The normalized spacial score (nSPS) is 12.0. The molecule has 14 heavy (non-hydrogen) atoms. The Morgan fingerprint density at radius 1 is 0.857 bits per heavy atom. The average Bonchev–Trinajstić information content (AvgIpc) is 2.08. The van der Waals surface area contributed by atoms with Crippen LogP contribution in [0.1, 0.15) is 38.5 Å². The second-order valence-corrected chi connectivity index (χ2v) is 5.80. The van der Waals surface area contributed by atoms with Gasteiger partial charge in [-0.1, -0.05) is 25.7 Å². The smallest absolute Gasteiger partial charge is 0.390 e. The topological polar surface area (TPSA) is 72.7 Å². The summed E-state index contributed by atoms with van der Waals surface area (Å²) in [5.41, 5.74) is 0. The van der Waals surface area contributed by atoms with Gasteiger partial charge in [-0.15, -0.1) is 0 Å². The van der Waals surface area contributed by atoms with Gasteiger partial charge in [-0.2, -0.15) is 0 Å². The highest BCUT2D eigenvalue weighted by Crippen LogP contribution is 2.10. The molecule has 0 aliphatic heterocycles. The third-order valence-corrected chi connectivity index (χ3v) is 3.21. The van der Waals surface area contributed by atoms with Crippen LogP contribution in [0.4, 0.5) is 0 Å². The number of nitrogens with one attached hydrogen (secondary N) is 1. The van der Waals surface area contributed by atoms with Gasteiger partial charge in [0, 0.05) is 6.04 Å². The first-order valence-corrected chi connectivity index (χ1v) is 7.43. The predicted octanol–water partition coefficient (Wildman–Crippen LogP) is 0.462. The van der Waals surface area contributed by atoms with Gasteiger partial charge in [0.2, 0.25) is 0 Å². The molecule has 4 N–H and O–H groups in total. The fourth-order valence-electron chi connectivity index (χ4n) is 1.37. The average molecular weight is 221 g/mol. The van der Waals surface area contributed by atoms with E-state index in [4.69, 9.17) is 14.4 Å². The lowest BCUT2D eigenvalue weighted by Gasteiger charge is -2.08. The van der Waals surface area contributed by atoms with Crippen molar-refractivity contribution in [3.05, 3.63) is 0 Å².